The molecule has 1 N–H and O–H groups in total. The zero-order valence-electron chi connectivity index (χ0n) is 12.0. The molecule has 20 heavy (non-hydrogen) atoms. The number of hydrogen-bond acceptors (Lipinski definition) is 2. The maximum absolute atomic E-state index is 10.7. The molecule has 0 aliphatic heterocycles. The van der Waals surface area contributed by atoms with Crippen LogP contribution in [0.1, 0.15) is 35.3 Å². The van der Waals surface area contributed by atoms with Crippen LogP contribution in [0.4, 0.5) is 0 Å². The fraction of sp³-hybridized carbons (Fsp3) is 0.294. The molecule has 0 heterocycles. The van der Waals surface area contributed by atoms with Gasteiger partial charge in [0, 0.05) is 10.0 Å². The molecule has 2 aromatic carbocycles. The van der Waals surface area contributed by atoms with Gasteiger partial charge in [-0.05, 0) is 44.0 Å². The molecule has 2 aromatic rings. The summed E-state index contributed by atoms with van der Waals surface area (Å²) in [4.78, 5) is 0. The number of aliphatic hydroxyl groups excluding tert-OH is 1. The molecule has 0 saturated carbocycles. The first-order valence-electron chi connectivity index (χ1n) is 6.71. The molecule has 2 rings (SSSR count). The van der Waals surface area contributed by atoms with Crippen molar-refractivity contribution in [3.8, 4) is 5.75 Å². The fourth-order valence-corrected chi connectivity index (χ4v) is 2.70. The SMILES string of the molecule is CCOc1ccc(C)cc1C(O)c1cccc(C)c1Br. The van der Waals surface area contributed by atoms with E-state index in [0.717, 1.165) is 32.5 Å². The molecule has 0 spiro atoms. The van der Waals surface area contributed by atoms with E-state index in [-0.39, 0.29) is 0 Å². The summed E-state index contributed by atoms with van der Waals surface area (Å²) in [5.74, 6) is 0.735. The van der Waals surface area contributed by atoms with Gasteiger partial charge in [-0.1, -0.05) is 45.8 Å². The summed E-state index contributed by atoms with van der Waals surface area (Å²) in [6.45, 7) is 6.55. The number of rotatable bonds is 4. The molecule has 0 aliphatic rings. The second-order valence-electron chi connectivity index (χ2n) is 4.85. The predicted octanol–water partition coefficient (Wildman–Crippen LogP) is 4.55. The van der Waals surface area contributed by atoms with Crippen LogP contribution in [0.25, 0.3) is 0 Å². The summed E-state index contributed by atoms with van der Waals surface area (Å²) >= 11 is 3.56. The standard InChI is InChI=1S/C17H19BrO2/c1-4-20-15-9-8-11(2)10-14(15)17(19)13-7-5-6-12(3)16(13)18/h5-10,17,19H,4H2,1-3H3. The molecule has 0 aromatic heterocycles. The maximum atomic E-state index is 10.7. The third-order valence-corrected chi connectivity index (χ3v) is 4.36. The molecule has 1 atom stereocenters. The predicted molar refractivity (Wildman–Crippen MR) is 85.3 cm³/mol. The van der Waals surface area contributed by atoms with E-state index in [9.17, 15) is 5.11 Å². The molecule has 0 fully saturated rings. The van der Waals surface area contributed by atoms with E-state index in [1.165, 1.54) is 0 Å². The van der Waals surface area contributed by atoms with Crippen molar-refractivity contribution in [2.24, 2.45) is 0 Å². The fourth-order valence-electron chi connectivity index (χ4n) is 2.22. The van der Waals surface area contributed by atoms with Crippen molar-refractivity contribution in [1.82, 2.24) is 0 Å². The van der Waals surface area contributed by atoms with Gasteiger partial charge in [0.15, 0.2) is 0 Å². The largest absolute Gasteiger partial charge is 0.493 e. The Bertz CT molecular complexity index is 608. The third-order valence-electron chi connectivity index (χ3n) is 3.28. The highest BCUT2D eigenvalue weighted by Gasteiger charge is 2.18. The molecule has 1 unspecified atom stereocenters. The summed E-state index contributed by atoms with van der Waals surface area (Å²) in [5, 5.41) is 10.7. The van der Waals surface area contributed by atoms with Crippen molar-refractivity contribution in [2.75, 3.05) is 6.61 Å². The summed E-state index contributed by atoms with van der Waals surface area (Å²) in [7, 11) is 0. The topological polar surface area (TPSA) is 29.5 Å². The summed E-state index contributed by atoms with van der Waals surface area (Å²) in [6.07, 6.45) is -0.703. The summed E-state index contributed by atoms with van der Waals surface area (Å²) < 4.78 is 6.57. The molecule has 3 heteroatoms. The van der Waals surface area contributed by atoms with Gasteiger partial charge in [0.2, 0.25) is 0 Å². The maximum Gasteiger partial charge on any atom is 0.125 e. The van der Waals surface area contributed by atoms with Gasteiger partial charge in [-0.3, -0.25) is 0 Å². The number of aryl methyl sites for hydroxylation is 2. The average Bonchev–Trinajstić information content (AvgIpc) is 2.43. The van der Waals surface area contributed by atoms with E-state index in [1.807, 2.05) is 57.2 Å². The number of ether oxygens (including phenoxy) is 1. The van der Waals surface area contributed by atoms with E-state index in [0.29, 0.717) is 6.61 Å². The van der Waals surface area contributed by atoms with Crippen molar-refractivity contribution in [2.45, 2.75) is 26.9 Å². The Kier molecular flexibility index (Phi) is 4.84. The zero-order valence-corrected chi connectivity index (χ0v) is 13.6. The molecule has 0 amide bonds. The Hall–Kier alpha value is -1.32. The minimum atomic E-state index is -0.703. The van der Waals surface area contributed by atoms with Gasteiger partial charge >= 0.3 is 0 Å². The highest BCUT2D eigenvalue weighted by Crippen LogP contribution is 2.35. The van der Waals surface area contributed by atoms with Crippen molar-refractivity contribution in [3.05, 3.63) is 63.1 Å². The highest BCUT2D eigenvalue weighted by atomic mass is 79.9. The summed E-state index contributed by atoms with van der Waals surface area (Å²) in [5.41, 5.74) is 3.87. The van der Waals surface area contributed by atoms with Gasteiger partial charge in [0.25, 0.3) is 0 Å². The number of halogens is 1. The van der Waals surface area contributed by atoms with Crippen LogP contribution in [0.5, 0.6) is 5.75 Å². The molecule has 0 aliphatic carbocycles. The number of aliphatic hydroxyl groups is 1. The van der Waals surface area contributed by atoms with Gasteiger partial charge in [0.1, 0.15) is 11.9 Å². The molecule has 0 saturated heterocycles. The minimum absolute atomic E-state index is 0.581. The normalized spacial score (nSPS) is 12.2. The second kappa shape index (κ2) is 6.42. The first-order valence-corrected chi connectivity index (χ1v) is 7.50. The van der Waals surface area contributed by atoms with Crippen LogP contribution in [0.15, 0.2) is 40.9 Å². The van der Waals surface area contributed by atoms with Gasteiger partial charge in [0.05, 0.1) is 6.61 Å². The Balaban J connectivity index is 2.49. The lowest BCUT2D eigenvalue weighted by atomic mass is 9.98. The average molecular weight is 335 g/mol. The lowest BCUT2D eigenvalue weighted by Crippen LogP contribution is -2.05. The highest BCUT2D eigenvalue weighted by molar-refractivity contribution is 9.10. The third kappa shape index (κ3) is 3.05. The smallest absolute Gasteiger partial charge is 0.125 e. The Morgan fingerprint density at radius 2 is 1.90 bits per heavy atom. The Morgan fingerprint density at radius 1 is 1.15 bits per heavy atom. The van der Waals surface area contributed by atoms with Crippen LogP contribution in [-0.4, -0.2) is 11.7 Å². The van der Waals surface area contributed by atoms with Gasteiger partial charge in [-0.15, -0.1) is 0 Å². The van der Waals surface area contributed by atoms with Crippen LogP contribution in [0.3, 0.4) is 0 Å². The molecule has 0 radical (unpaired) electrons. The Morgan fingerprint density at radius 3 is 2.60 bits per heavy atom. The first-order chi connectivity index (χ1) is 9.54. The molecule has 0 bridgehead atoms. The van der Waals surface area contributed by atoms with Gasteiger partial charge in [-0.2, -0.15) is 0 Å². The monoisotopic (exact) mass is 334 g/mol. The first kappa shape index (κ1) is 15.1. The number of benzene rings is 2. The van der Waals surface area contributed by atoms with E-state index >= 15 is 0 Å². The van der Waals surface area contributed by atoms with Crippen LogP contribution < -0.4 is 4.74 Å². The summed E-state index contributed by atoms with van der Waals surface area (Å²) in [6, 6.07) is 11.8. The van der Waals surface area contributed by atoms with E-state index in [1.54, 1.807) is 0 Å². The van der Waals surface area contributed by atoms with Crippen LogP contribution in [0.2, 0.25) is 0 Å². The molecule has 2 nitrogen and oxygen atoms in total. The quantitative estimate of drug-likeness (QED) is 0.888. The van der Waals surface area contributed by atoms with Crippen LogP contribution in [0, 0.1) is 13.8 Å². The van der Waals surface area contributed by atoms with Gasteiger partial charge < -0.3 is 9.84 Å². The van der Waals surface area contributed by atoms with E-state index in [4.69, 9.17) is 4.74 Å². The van der Waals surface area contributed by atoms with E-state index < -0.39 is 6.10 Å². The second-order valence-corrected chi connectivity index (χ2v) is 5.65. The number of hydrogen-bond donors (Lipinski definition) is 1. The van der Waals surface area contributed by atoms with E-state index in [2.05, 4.69) is 15.9 Å². The molecule has 106 valence electrons. The lowest BCUT2D eigenvalue weighted by molar-refractivity contribution is 0.211. The van der Waals surface area contributed by atoms with Crippen molar-refractivity contribution >= 4 is 15.9 Å². The van der Waals surface area contributed by atoms with Crippen molar-refractivity contribution < 1.29 is 9.84 Å². The zero-order chi connectivity index (χ0) is 14.7. The Labute approximate surface area is 128 Å². The van der Waals surface area contributed by atoms with Crippen LogP contribution in [-0.2, 0) is 0 Å². The molecular weight excluding hydrogens is 316 g/mol. The van der Waals surface area contributed by atoms with Gasteiger partial charge in [-0.25, -0.2) is 0 Å². The minimum Gasteiger partial charge on any atom is -0.493 e. The van der Waals surface area contributed by atoms with Crippen LogP contribution >= 0.6 is 15.9 Å². The lowest BCUT2D eigenvalue weighted by Gasteiger charge is -2.18. The van der Waals surface area contributed by atoms with Crippen molar-refractivity contribution in [3.63, 3.8) is 0 Å². The van der Waals surface area contributed by atoms with Crippen molar-refractivity contribution in [1.29, 1.82) is 0 Å². The molecular formula is C17H19BrO2.